The fourth-order valence-corrected chi connectivity index (χ4v) is 4.00. The molecule has 0 radical (unpaired) electrons. The van der Waals surface area contributed by atoms with E-state index in [1.54, 1.807) is 0 Å². The molecule has 1 saturated carbocycles. The summed E-state index contributed by atoms with van der Waals surface area (Å²) in [4.78, 5) is 14.6. The molecular weight excluding hydrogens is 322 g/mol. The Morgan fingerprint density at radius 3 is 2.72 bits per heavy atom. The second-order valence-electron chi connectivity index (χ2n) is 7.23. The zero-order chi connectivity index (χ0) is 17.5. The Hall–Kier alpha value is -1.11. The number of hydrogen-bond donors (Lipinski definition) is 1. The lowest BCUT2D eigenvalue weighted by Gasteiger charge is -2.34. The van der Waals surface area contributed by atoms with Crippen molar-refractivity contribution >= 4 is 5.91 Å². The first-order valence-electron chi connectivity index (χ1n) is 9.76. The fourth-order valence-electron chi connectivity index (χ4n) is 4.00. The van der Waals surface area contributed by atoms with Gasteiger partial charge in [-0.05, 0) is 43.6 Å². The lowest BCUT2D eigenvalue weighted by Crippen LogP contribution is -2.43. The third kappa shape index (κ3) is 5.19. The third-order valence-corrected chi connectivity index (χ3v) is 5.46. The van der Waals surface area contributed by atoms with Crippen molar-refractivity contribution in [3.8, 4) is 0 Å². The summed E-state index contributed by atoms with van der Waals surface area (Å²) in [7, 11) is 0. The van der Waals surface area contributed by atoms with Gasteiger partial charge in [0.15, 0.2) is 5.76 Å². The molecule has 25 heavy (non-hydrogen) atoms. The number of nitrogens with zero attached hydrogens (tertiary/aromatic N) is 1. The second kappa shape index (κ2) is 9.55. The van der Waals surface area contributed by atoms with Gasteiger partial charge in [0.2, 0.25) is 6.29 Å². The zero-order valence-electron chi connectivity index (χ0n) is 15.0. The summed E-state index contributed by atoms with van der Waals surface area (Å²) in [6.45, 7) is 3.16. The Bertz CT molecular complexity index is 455. The van der Waals surface area contributed by atoms with Crippen LogP contribution in [0.2, 0.25) is 0 Å². The van der Waals surface area contributed by atoms with Gasteiger partial charge < -0.3 is 24.2 Å². The average molecular weight is 353 g/mol. The highest BCUT2D eigenvalue weighted by molar-refractivity contribution is 5.91. The van der Waals surface area contributed by atoms with E-state index in [0.717, 1.165) is 19.3 Å². The number of amides is 1. The molecule has 2 heterocycles. The first-order chi connectivity index (χ1) is 12.3. The summed E-state index contributed by atoms with van der Waals surface area (Å²) in [5, 5.41) is 8.89. The van der Waals surface area contributed by atoms with Gasteiger partial charge in [0.1, 0.15) is 0 Å². The van der Waals surface area contributed by atoms with Crippen LogP contribution in [0.1, 0.15) is 44.9 Å². The van der Waals surface area contributed by atoms with Crippen molar-refractivity contribution in [1.29, 1.82) is 0 Å². The number of rotatable bonds is 7. The number of allylic oxidation sites excluding steroid dienone is 1. The van der Waals surface area contributed by atoms with Crippen LogP contribution in [0.4, 0.5) is 0 Å². The molecule has 2 fully saturated rings. The van der Waals surface area contributed by atoms with Gasteiger partial charge in [-0.3, -0.25) is 4.79 Å². The largest absolute Gasteiger partial charge is 0.459 e. The molecule has 1 amide bonds. The number of unbranched alkanes of at least 4 members (excludes halogenated alkanes) is 1. The van der Waals surface area contributed by atoms with Gasteiger partial charge >= 0.3 is 0 Å². The molecule has 0 bridgehead atoms. The Balaban J connectivity index is 1.63. The van der Waals surface area contributed by atoms with Gasteiger partial charge in [-0.15, -0.1) is 0 Å². The number of carbonyl (C=O) groups excluding carboxylic acids is 1. The van der Waals surface area contributed by atoms with E-state index < -0.39 is 0 Å². The molecule has 6 heteroatoms. The molecule has 0 aromatic heterocycles. The molecule has 0 spiro atoms. The smallest absolute Gasteiger partial charge is 0.288 e. The van der Waals surface area contributed by atoms with E-state index in [-0.39, 0.29) is 18.8 Å². The standard InChI is InChI=1S/C19H31NO5/c21-9-3-4-10-24-18-14-16(15-5-1-2-6-15)13-17(25-18)19(22)20-7-11-23-12-8-20/h13,15-16,18,21H,1-12,14H2/t16-,18+/m0/s1. The molecule has 1 saturated heterocycles. The SMILES string of the molecule is O=C(C1=C[C@H](C2CCCC2)C[C@H](OCCCCO)O1)N1CCOCC1. The van der Waals surface area contributed by atoms with Crippen LogP contribution in [0.5, 0.6) is 0 Å². The third-order valence-electron chi connectivity index (χ3n) is 5.46. The maximum atomic E-state index is 12.8. The molecule has 2 atom stereocenters. The van der Waals surface area contributed by atoms with Gasteiger partial charge in [-0.2, -0.15) is 0 Å². The quantitative estimate of drug-likeness (QED) is 0.710. The van der Waals surface area contributed by atoms with E-state index in [1.165, 1.54) is 25.7 Å². The highest BCUT2D eigenvalue weighted by atomic mass is 16.7. The Morgan fingerprint density at radius 1 is 1.24 bits per heavy atom. The van der Waals surface area contributed by atoms with Crippen molar-refractivity contribution in [2.24, 2.45) is 11.8 Å². The number of hydrogen-bond acceptors (Lipinski definition) is 5. The van der Waals surface area contributed by atoms with Crippen LogP contribution < -0.4 is 0 Å². The van der Waals surface area contributed by atoms with Crippen molar-refractivity contribution in [1.82, 2.24) is 4.90 Å². The lowest BCUT2D eigenvalue weighted by molar-refractivity contribution is -0.159. The van der Waals surface area contributed by atoms with Crippen molar-refractivity contribution < 1.29 is 24.1 Å². The average Bonchev–Trinajstić information content (AvgIpc) is 3.20. The highest BCUT2D eigenvalue weighted by Crippen LogP contribution is 2.38. The minimum Gasteiger partial charge on any atom is -0.459 e. The van der Waals surface area contributed by atoms with E-state index in [2.05, 4.69) is 6.08 Å². The van der Waals surface area contributed by atoms with Crippen LogP contribution in [-0.2, 0) is 19.0 Å². The summed E-state index contributed by atoms with van der Waals surface area (Å²) in [6.07, 6.45) is 9.10. The summed E-state index contributed by atoms with van der Waals surface area (Å²) in [6, 6.07) is 0. The molecule has 3 aliphatic rings. The van der Waals surface area contributed by atoms with E-state index >= 15 is 0 Å². The highest BCUT2D eigenvalue weighted by Gasteiger charge is 2.35. The summed E-state index contributed by atoms with van der Waals surface area (Å²) < 4.78 is 17.1. The van der Waals surface area contributed by atoms with Gasteiger partial charge in [0.05, 0.1) is 19.8 Å². The zero-order valence-corrected chi connectivity index (χ0v) is 15.0. The molecule has 1 aliphatic carbocycles. The minimum atomic E-state index is -0.353. The van der Waals surface area contributed by atoms with Crippen molar-refractivity contribution in [3.05, 3.63) is 11.8 Å². The molecule has 0 aromatic carbocycles. The summed E-state index contributed by atoms with van der Waals surface area (Å²) in [5.41, 5.74) is 0. The predicted molar refractivity (Wildman–Crippen MR) is 92.7 cm³/mol. The maximum absolute atomic E-state index is 12.8. The maximum Gasteiger partial charge on any atom is 0.288 e. The number of morpholine rings is 1. The van der Waals surface area contributed by atoms with Gasteiger partial charge in [-0.1, -0.05) is 12.8 Å². The Labute approximate surface area is 150 Å². The second-order valence-corrected chi connectivity index (χ2v) is 7.23. The van der Waals surface area contributed by atoms with Crippen molar-refractivity contribution in [2.75, 3.05) is 39.5 Å². The molecule has 3 rings (SSSR count). The van der Waals surface area contributed by atoms with Crippen molar-refractivity contribution in [3.63, 3.8) is 0 Å². The topological polar surface area (TPSA) is 68.2 Å². The summed E-state index contributed by atoms with van der Waals surface area (Å²) in [5.74, 6) is 1.42. The molecule has 6 nitrogen and oxygen atoms in total. The van der Waals surface area contributed by atoms with Gasteiger partial charge in [-0.25, -0.2) is 0 Å². The monoisotopic (exact) mass is 353 g/mol. The number of ether oxygens (including phenoxy) is 3. The number of aliphatic hydroxyl groups is 1. The normalized spacial score (nSPS) is 27.9. The van der Waals surface area contributed by atoms with Gasteiger partial charge in [0.25, 0.3) is 5.91 Å². The molecule has 142 valence electrons. The molecule has 2 aliphatic heterocycles. The van der Waals surface area contributed by atoms with Crippen LogP contribution >= 0.6 is 0 Å². The minimum absolute atomic E-state index is 0.0324. The van der Waals surface area contributed by atoms with Crippen LogP contribution in [0.25, 0.3) is 0 Å². The van der Waals surface area contributed by atoms with Crippen LogP contribution in [0, 0.1) is 11.8 Å². The number of aliphatic hydroxyl groups excluding tert-OH is 1. The summed E-state index contributed by atoms with van der Waals surface area (Å²) >= 11 is 0. The van der Waals surface area contributed by atoms with Crippen molar-refractivity contribution in [2.45, 2.75) is 51.2 Å². The van der Waals surface area contributed by atoms with E-state index in [0.29, 0.717) is 50.5 Å². The Kier molecular flexibility index (Phi) is 7.13. The predicted octanol–water partition coefficient (Wildman–Crippen LogP) is 2.07. The van der Waals surface area contributed by atoms with Crippen LogP contribution in [0.3, 0.4) is 0 Å². The van der Waals surface area contributed by atoms with E-state index in [1.807, 2.05) is 4.90 Å². The first kappa shape index (κ1) is 18.7. The molecule has 1 N–H and O–H groups in total. The lowest BCUT2D eigenvalue weighted by atomic mass is 9.86. The Morgan fingerprint density at radius 2 is 2.00 bits per heavy atom. The van der Waals surface area contributed by atoms with Gasteiger partial charge in [0, 0.05) is 26.1 Å². The van der Waals surface area contributed by atoms with Crippen LogP contribution in [0.15, 0.2) is 11.8 Å². The molecule has 0 aromatic rings. The molecular formula is C19H31NO5. The number of carbonyl (C=O) groups is 1. The molecule has 0 unspecified atom stereocenters. The fraction of sp³-hybridized carbons (Fsp3) is 0.842. The van der Waals surface area contributed by atoms with E-state index in [4.69, 9.17) is 19.3 Å². The van der Waals surface area contributed by atoms with E-state index in [9.17, 15) is 4.79 Å². The van der Waals surface area contributed by atoms with Crippen LogP contribution in [-0.4, -0.2) is 61.7 Å². The first-order valence-corrected chi connectivity index (χ1v) is 9.76.